The molecule has 30 heavy (non-hydrogen) atoms. The van der Waals surface area contributed by atoms with Crippen LogP contribution in [0, 0.1) is 6.92 Å². The monoisotopic (exact) mass is 418 g/mol. The van der Waals surface area contributed by atoms with Gasteiger partial charge in [0.1, 0.15) is 0 Å². The molecule has 5 heteroatoms. The molecule has 3 aromatic carbocycles. The van der Waals surface area contributed by atoms with E-state index in [1.807, 2.05) is 49.4 Å². The second-order valence-electron chi connectivity index (χ2n) is 7.33. The molecule has 0 heterocycles. The number of rotatable bonds is 7. The van der Waals surface area contributed by atoms with Gasteiger partial charge in [0.15, 0.2) is 0 Å². The van der Waals surface area contributed by atoms with Crippen molar-refractivity contribution in [1.82, 2.24) is 5.32 Å². The molecule has 0 atom stereocenters. The van der Waals surface area contributed by atoms with Gasteiger partial charge in [0.2, 0.25) is 0 Å². The van der Waals surface area contributed by atoms with Crippen LogP contribution in [0.4, 0.5) is 5.69 Å². The third-order valence-electron chi connectivity index (χ3n) is 4.49. The van der Waals surface area contributed by atoms with Crippen LogP contribution in [0.1, 0.15) is 45.7 Å². The number of anilines is 1. The van der Waals surface area contributed by atoms with Crippen molar-refractivity contribution in [2.45, 2.75) is 37.5 Å². The first-order valence-electron chi connectivity index (χ1n) is 9.94. The summed E-state index contributed by atoms with van der Waals surface area (Å²) in [7, 11) is 0. The van der Waals surface area contributed by atoms with Crippen molar-refractivity contribution < 1.29 is 9.59 Å². The van der Waals surface area contributed by atoms with Crippen molar-refractivity contribution in [3.63, 3.8) is 0 Å². The Morgan fingerprint density at radius 1 is 0.833 bits per heavy atom. The molecule has 2 amide bonds. The summed E-state index contributed by atoms with van der Waals surface area (Å²) in [6.45, 7) is 6.63. The molecule has 0 aromatic heterocycles. The zero-order valence-electron chi connectivity index (χ0n) is 17.4. The lowest BCUT2D eigenvalue weighted by Gasteiger charge is -2.14. The molecule has 0 aliphatic carbocycles. The summed E-state index contributed by atoms with van der Waals surface area (Å²) in [6, 6.07) is 22.6. The summed E-state index contributed by atoms with van der Waals surface area (Å²) in [5, 5.41) is 6.21. The van der Waals surface area contributed by atoms with E-state index in [1.54, 1.807) is 42.1 Å². The van der Waals surface area contributed by atoms with Crippen molar-refractivity contribution in [3.05, 3.63) is 95.1 Å². The maximum atomic E-state index is 12.9. The van der Waals surface area contributed by atoms with Gasteiger partial charge in [0, 0.05) is 16.7 Å². The molecule has 154 valence electrons. The zero-order chi connectivity index (χ0) is 21.5. The number of carbonyl (C=O) groups is 2. The number of amides is 2. The van der Waals surface area contributed by atoms with Gasteiger partial charge in [-0.1, -0.05) is 67.9 Å². The summed E-state index contributed by atoms with van der Waals surface area (Å²) in [4.78, 5) is 26.6. The van der Waals surface area contributed by atoms with Crippen LogP contribution >= 0.6 is 11.8 Å². The Kier molecular flexibility index (Phi) is 7.31. The molecule has 0 bridgehead atoms. The highest BCUT2D eigenvalue weighted by Gasteiger charge is 2.16. The van der Waals surface area contributed by atoms with Crippen LogP contribution in [0.2, 0.25) is 0 Å². The Balaban J connectivity index is 1.74. The highest BCUT2D eigenvalue weighted by Crippen LogP contribution is 2.27. The van der Waals surface area contributed by atoms with E-state index in [-0.39, 0.29) is 11.8 Å². The first-order valence-corrected chi connectivity index (χ1v) is 10.8. The van der Waals surface area contributed by atoms with Gasteiger partial charge in [-0.25, -0.2) is 0 Å². The van der Waals surface area contributed by atoms with Gasteiger partial charge in [-0.15, -0.1) is 11.8 Å². The van der Waals surface area contributed by atoms with E-state index in [2.05, 4.69) is 24.5 Å². The quantitative estimate of drug-likeness (QED) is 0.486. The second kappa shape index (κ2) is 10.1. The van der Waals surface area contributed by atoms with Crippen LogP contribution in [0.15, 0.2) is 77.7 Å². The standard InChI is InChI=1S/C25H26N2O2S/c1-17(2)30-23-11-7-5-9-21(23)25(29)27-22-10-6-4-8-20(22)24(28)26-16-19-14-12-18(3)13-15-19/h4-15,17H,16H2,1-3H3,(H,26,28)(H,27,29). The highest BCUT2D eigenvalue weighted by atomic mass is 32.2. The van der Waals surface area contributed by atoms with E-state index < -0.39 is 0 Å². The number of benzene rings is 3. The van der Waals surface area contributed by atoms with Crippen LogP contribution in [0.5, 0.6) is 0 Å². The van der Waals surface area contributed by atoms with Gasteiger partial charge in [0.05, 0.1) is 16.8 Å². The van der Waals surface area contributed by atoms with Gasteiger partial charge in [-0.2, -0.15) is 0 Å². The Morgan fingerprint density at radius 3 is 2.17 bits per heavy atom. The lowest BCUT2D eigenvalue weighted by molar-refractivity contribution is 0.0952. The predicted molar refractivity (Wildman–Crippen MR) is 124 cm³/mol. The SMILES string of the molecule is Cc1ccc(CNC(=O)c2ccccc2NC(=O)c2ccccc2SC(C)C)cc1. The third-order valence-corrected chi connectivity index (χ3v) is 5.57. The van der Waals surface area contributed by atoms with E-state index in [1.165, 1.54) is 5.56 Å². The van der Waals surface area contributed by atoms with Gasteiger partial charge < -0.3 is 10.6 Å². The fourth-order valence-electron chi connectivity index (χ4n) is 2.97. The number of nitrogens with one attached hydrogen (secondary N) is 2. The van der Waals surface area contributed by atoms with Crippen LogP contribution in [-0.2, 0) is 6.54 Å². The largest absolute Gasteiger partial charge is 0.348 e. The smallest absolute Gasteiger partial charge is 0.256 e. The van der Waals surface area contributed by atoms with E-state index >= 15 is 0 Å². The minimum atomic E-state index is -0.226. The van der Waals surface area contributed by atoms with Crippen molar-refractivity contribution >= 4 is 29.3 Å². The number of para-hydroxylation sites is 1. The first-order chi connectivity index (χ1) is 14.4. The fraction of sp³-hybridized carbons (Fsp3) is 0.200. The molecule has 0 saturated heterocycles. The topological polar surface area (TPSA) is 58.2 Å². The highest BCUT2D eigenvalue weighted by molar-refractivity contribution is 8.00. The van der Waals surface area contributed by atoms with Crippen molar-refractivity contribution in [2.75, 3.05) is 5.32 Å². The fourth-order valence-corrected chi connectivity index (χ4v) is 3.93. The number of carbonyl (C=O) groups excluding carboxylic acids is 2. The maximum Gasteiger partial charge on any atom is 0.256 e. The van der Waals surface area contributed by atoms with Crippen LogP contribution in [-0.4, -0.2) is 17.1 Å². The molecule has 0 fully saturated rings. The summed E-state index contributed by atoms with van der Waals surface area (Å²) in [6.07, 6.45) is 0. The average Bonchev–Trinajstić information content (AvgIpc) is 2.73. The van der Waals surface area contributed by atoms with E-state index in [0.717, 1.165) is 10.5 Å². The first kappa shape index (κ1) is 21.7. The maximum absolute atomic E-state index is 12.9. The molecule has 0 unspecified atom stereocenters. The molecule has 0 radical (unpaired) electrons. The van der Waals surface area contributed by atoms with Gasteiger partial charge in [0.25, 0.3) is 11.8 Å². The summed E-state index contributed by atoms with van der Waals surface area (Å²) < 4.78 is 0. The number of hydrogen-bond donors (Lipinski definition) is 2. The summed E-state index contributed by atoms with van der Waals surface area (Å²) in [5.41, 5.74) is 3.73. The molecule has 2 N–H and O–H groups in total. The molecule has 0 aliphatic heterocycles. The Morgan fingerprint density at radius 2 is 1.47 bits per heavy atom. The Bertz CT molecular complexity index is 1030. The molecule has 0 aliphatic rings. The van der Waals surface area contributed by atoms with Crippen molar-refractivity contribution in [2.24, 2.45) is 0 Å². The normalized spacial score (nSPS) is 10.7. The van der Waals surface area contributed by atoms with Gasteiger partial charge in [-0.05, 0) is 36.8 Å². The minimum Gasteiger partial charge on any atom is -0.348 e. The zero-order valence-corrected chi connectivity index (χ0v) is 18.3. The Hall–Kier alpha value is -3.05. The van der Waals surface area contributed by atoms with Crippen LogP contribution in [0.3, 0.4) is 0 Å². The number of thioether (sulfide) groups is 1. The minimum absolute atomic E-state index is 0.225. The molecular formula is C25H26N2O2S. The lowest BCUT2D eigenvalue weighted by atomic mass is 10.1. The number of aryl methyl sites for hydroxylation is 1. The van der Waals surface area contributed by atoms with Crippen LogP contribution < -0.4 is 10.6 Å². The Labute approximate surface area is 182 Å². The number of hydrogen-bond acceptors (Lipinski definition) is 3. The van der Waals surface area contributed by atoms with Gasteiger partial charge in [-0.3, -0.25) is 9.59 Å². The molecular weight excluding hydrogens is 392 g/mol. The van der Waals surface area contributed by atoms with Crippen molar-refractivity contribution in [1.29, 1.82) is 0 Å². The van der Waals surface area contributed by atoms with E-state index in [0.29, 0.717) is 28.6 Å². The molecule has 4 nitrogen and oxygen atoms in total. The van der Waals surface area contributed by atoms with Crippen molar-refractivity contribution in [3.8, 4) is 0 Å². The average molecular weight is 419 g/mol. The lowest BCUT2D eigenvalue weighted by Crippen LogP contribution is -2.25. The van der Waals surface area contributed by atoms with E-state index in [4.69, 9.17) is 0 Å². The summed E-state index contributed by atoms with van der Waals surface area (Å²) >= 11 is 1.64. The molecule has 3 rings (SSSR count). The van der Waals surface area contributed by atoms with Crippen LogP contribution in [0.25, 0.3) is 0 Å². The molecule has 3 aromatic rings. The molecule has 0 saturated carbocycles. The van der Waals surface area contributed by atoms with E-state index in [9.17, 15) is 9.59 Å². The third kappa shape index (κ3) is 5.74. The predicted octanol–water partition coefficient (Wildman–Crippen LogP) is 5.68. The molecule has 0 spiro atoms. The summed E-state index contributed by atoms with van der Waals surface area (Å²) in [5.74, 6) is -0.450. The second-order valence-corrected chi connectivity index (χ2v) is 8.95. The van der Waals surface area contributed by atoms with Gasteiger partial charge >= 0.3 is 0 Å².